The molecule has 0 radical (unpaired) electrons. The van der Waals surface area contributed by atoms with Gasteiger partial charge in [-0.25, -0.2) is 0 Å². The summed E-state index contributed by atoms with van der Waals surface area (Å²) in [5, 5.41) is 2.97. The molecule has 1 N–H and O–H groups in total. The third kappa shape index (κ3) is 8.24. The molecule has 0 aromatic heterocycles. The Labute approximate surface area is 67.6 Å². The van der Waals surface area contributed by atoms with E-state index >= 15 is 0 Å². The molecule has 0 unspecified atom stereocenters. The third-order valence-corrected chi connectivity index (χ3v) is 1.30. The summed E-state index contributed by atoms with van der Waals surface area (Å²) in [5.74, 6) is 0.736. The van der Waals surface area contributed by atoms with Gasteiger partial charge in [0.15, 0.2) is 0 Å². The van der Waals surface area contributed by atoms with Gasteiger partial charge in [-0.3, -0.25) is 0 Å². The van der Waals surface area contributed by atoms with E-state index in [0.717, 1.165) is 18.9 Å². The summed E-state index contributed by atoms with van der Waals surface area (Å²) in [5.41, 5.74) is 0. The fourth-order valence-corrected chi connectivity index (χ4v) is 0.682. The van der Waals surface area contributed by atoms with Crippen LogP contribution >= 0.6 is 24.8 Å². The van der Waals surface area contributed by atoms with Crippen LogP contribution in [0.3, 0.4) is 0 Å². The van der Waals surface area contributed by atoms with Crippen LogP contribution in [0, 0.1) is 5.92 Å². The van der Waals surface area contributed by atoms with Crippen molar-refractivity contribution in [2.45, 2.75) is 20.3 Å². The minimum atomic E-state index is 0.593. The summed E-state index contributed by atoms with van der Waals surface area (Å²) < 4.78 is 0.593. The SMILES string of the molecule is CC(C)CCNC(=S)S. The van der Waals surface area contributed by atoms with Crippen molar-refractivity contribution in [2.75, 3.05) is 6.54 Å². The molecule has 0 spiro atoms. The summed E-state index contributed by atoms with van der Waals surface area (Å²) in [6, 6.07) is 0. The Balaban J connectivity index is 3.01. The highest BCUT2D eigenvalue weighted by atomic mass is 32.1. The predicted octanol–water partition coefficient (Wildman–Crippen LogP) is 1.84. The van der Waals surface area contributed by atoms with E-state index in [1.54, 1.807) is 0 Å². The van der Waals surface area contributed by atoms with Crippen LogP contribution in [0.4, 0.5) is 0 Å². The van der Waals surface area contributed by atoms with E-state index in [1.165, 1.54) is 0 Å². The minimum Gasteiger partial charge on any atom is -0.371 e. The fraction of sp³-hybridized carbons (Fsp3) is 0.833. The Morgan fingerprint density at radius 2 is 2.22 bits per heavy atom. The first-order valence-electron chi connectivity index (χ1n) is 3.09. The second-order valence-electron chi connectivity index (χ2n) is 2.41. The lowest BCUT2D eigenvalue weighted by Gasteiger charge is -2.04. The molecule has 0 amide bonds. The van der Waals surface area contributed by atoms with Crippen molar-refractivity contribution in [2.24, 2.45) is 5.92 Å². The van der Waals surface area contributed by atoms with Gasteiger partial charge in [0.1, 0.15) is 4.32 Å². The molecule has 0 saturated carbocycles. The highest BCUT2D eigenvalue weighted by Gasteiger charge is 1.92. The maximum Gasteiger partial charge on any atom is 0.130 e. The molecule has 0 fully saturated rings. The van der Waals surface area contributed by atoms with Gasteiger partial charge in [0.25, 0.3) is 0 Å². The van der Waals surface area contributed by atoms with Crippen molar-refractivity contribution in [1.29, 1.82) is 0 Å². The van der Waals surface area contributed by atoms with E-state index in [1.807, 2.05) is 0 Å². The molecule has 1 nitrogen and oxygen atoms in total. The molecule has 0 bridgehead atoms. The van der Waals surface area contributed by atoms with Crippen LogP contribution < -0.4 is 5.32 Å². The van der Waals surface area contributed by atoms with Crippen molar-refractivity contribution < 1.29 is 0 Å². The molecule has 0 saturated heterocycles. The number of hydrogen-bond donors (Lipinski definition) is 2. The lowest BCUT2D eigenvalue weighted by atomic mass is 10.1. The molecule has 0 rings (SSSR count). The molecule has 0 heterocycles. The molecule has 0 atom stereocenters. The number of hydrogen-bond acceptors (Lipinski definition) is 1. The summed E-state index contributed by atoms with van der Waals surface area (Å²) in [7, 11) is 0. The summed E-state index contributed by atoms with van der Waals surface area (Å²) in [4.78, 5) is 0. The van der Waals surface area contributed by atoms with E-state index in [9.17, 15) is 0 Å². The standard InChI is InChI=1S/C6H13NS2/c1-5(2)3-4-7-6(8)9/h5H,3-4H2,1-2H3,(H2,7,8,9). The van der Waals surface area contributed by atoms with Gasteiger partial charge in [0, 0.05) is 6.54 Å². The van der Waals surface area contributed by atoms with Crippen LogP contribution in [-0.2, 0) is 0 Å². The maximum absolute atomic E-state index is 4.70. The Hall–Kier alpha value is 0.240. The van der Waals surface area contributed by atoms with Gasteiger partial charge in [0.05, 0.1) is 0 Å². The van der Waals surface area contributed by atoms with Gasteiger partial charge in [0.2, 0.25) is 0 Å². The topological polar surface area (TPSA) is 12.0 Å². The molecule has 3 heteroatoms. The second-order valence-corrected chi connectivity index (χ2v) is 3.57. The quantitative estimate of drug-likeness (QED) is 0.486. The molecule has 54 valence electrons. The van der Waals surface area contributed by atoms with Gasteiger partial charge in [-0.15, -0.1) is 12.6 Å². The fourth-order valence-electron chi connectivity index (χ4n) is 0.468. The average Bonchev–Trinajstić information content (AvgIpc) is 1.63. The Kier molecular flexibility index (Phi) is 5.19. The van der Waals surface area contributed by atoms with Gasteiger partial charge < -0.3 is 5.32 Å². The number of thiol groups is 1. The normalized spacial score (nSPS) is 9.78. The predicted molar refractivity (Wildman–Crippen MR) is 49.0 cm³/mol. The lowest BCUT2D eigenvalue weighted by Crippen LogP contribution is -2.18. The maximum atomic E-state index is 4.70. The Morgan fingerprint density at radius 1 is 1.67 bits per heavy atom. The minimum absolute atomic E-state index is 0.593. The molecule has 0 aromatic rings. The van der Waals surface area contributed by atoms with E-state index < -0.39 is 0 Å². The lowest BCUT2D eigenvalue weighted by molar-refractivity contribution is 0.580. The van der Waals surface area contributed by atoms with Crippen LogP contribution in [0.25, 0.3) is 0 Å². The van der Waals surface area contributed by atoms with E-state index in [-0.39, 0.29) is 0 Å². The summed E-state index contributed by atoms with van der Waals surface area (Å²) >= 11 is 8.62. The summed E-state index contributed by atoms with van der Waals surface area (Å²) in [6.07, 6.45) is 1.15. The first kappa shape index (κ1) is 9.24. The van der Waals surface area contributed by atoms with Gasteiger partial charge in [-0.05, 0) is 12.3 Å². The van der Waals surface area contributed by atoms with Crippen molar-refractivity contribution in [3.8, 4) is 0 Å². The van der Waals surface area contributed by atoms with Crippen LogP contribution in [-0.4, -0.2) is 10.9 Å². The molecule has 0 aliphatic carbocycles. The number of rotatable bonds is 3. The monoisotopic (exact) mass is 163 g/mol. The van der Waals surface area contributed by atoms with Gasteiger partial charge >= 0.3 is 0 Å². The highest BCUT2D eigenvalue weighted by Crippen LogP contribution is 1.96. The molecule has 0 aliphatic heterocycles. The van der Waals surface area contributed by atoms with Crippen LogP contribution in [0.5, 0.6) is 0 Å². The molecular formula is C6H13NS2. The van der Waals surface area contributed by atoms with Gasteiger partial charge in [-0.1, -0.05) is 26.1 Å². The number of nitrogens with one attached hydrogen (secondary N) is 1. The van der Waals surface area contributed by atoms with Gasteiger partial charge in [-0.2, -0.15) is 0 Å². The van der Waals surface area contributed by atoms with Crippen molar-refractivity contribution in [1.82, 2.24) is 5.32 Å². The van der Waals surface area contributed by atoms with Crippen LogP contribution in [0.15, 0.2) is 0 Å². The highest BCUT2D eigenvalue weighted by molar-refractivity contribution is 8.11. The zero-order chi connectivity index (χ0) is 7.28. The first-order valence-corrected chi connectivity index (χ1v) is 3.95. The summed E-state index contributed by atoms with van der Waals surface area (Å²) in [6.45, 7) is 5.31. The largest absolute Gasteiger partial charge is 0.371 e. The Bertz CT molecular complexity index is 91.1. The zero-order valence-electron chi connectivity index (χ0n) is 5.85. The zero-order valence-corrected chi connectivity index (χ0v) is 7.56. The number of thiocarbonyl (C=S) groups is 1. The van der Waals surface area contributed by atoms with Crippen LogP contribution in [0.1, 0.15) is 20.3 Å². The van der Waals surface area contributed by atoms with Crippen LogP contribution in [0.2, 0.25) is 0 Å². The first-order chi connectivity index (χ1) is 4.13. The van der Waals surface area contributed by atoms with Crippen molar-refractivity contribution in [3.05, 3.63) is 0 Å². The smallest absolute Gasteiger partial charge is 0.130 e. The average molecular weight is 163 g/mol. The van der Waals surface area contributed by atoms with Crippen molar-refractivity contribution in [3.63, 3.8) is 0 Å². The molecule has 9 heavy (non-hydrogen) atoms. The second kappa shape index (κ2) is 5.06. The molecular weight excluding hydrogens is 150 g/mol. The Morgan fingerprint density at radius 3 is 2.56 bits per heavy atom. The third-order valence-electron chi connectivity index (χ3n) is 0.998. The molecule has 0 aliphatic rings. The van der Waals surface area contributed by atoms with Crippen molar-refractivity contribution >= 4 is 29.2 Å². The van der Waals surface area contributed by atoms with E-state index in [0.29, 0.717) is 4.32 Å². The van der Waals surface area contributed by atoms with E-state index in [4.69, 9.17) is 12.2 Å². The van der Waals surface area contributed by atoms with E-state index in [2.05, 4.69) is 31.8 Å². The molecule has 0 aromatic carbocycles.